The summed E-state index contributed by atoms with van der Waals surface area (Å²) in [6, 6.07) is 4.51. The first kappa shape index (κ1) is 11.8. The first-order valence-corrected chi connectivity index (χ1v) is 6.25. The molecule has 1 saturated carbocycles. The smallest absolute Gasteiger partial charge is 0.385 e. The normalized spacial score (nSPS) is 23.4. The molecule has 0 amide bonds. The van der Waals surface area contributed by atoms with Gasteiger partial charge in [0.25, 0.3) is 0 Å². The summed E-state index contributed by atoms with van der Waals surface area (Å²) in [5.41, 5.74) is 1.02. The van der Waals surface area contributed by atoms with Crippen LogP contribution >= 0.6 is 0 Å². The van der Waals surface area contributed by atoms with Gasteiger partial charge >= 0.3 is 6.18 Å². The van der Waals surface area contributed by atoms with Crippen LogP contribution in [0.15, 0.2) is 18.2 Å². The number of alkyl halides is 3. The Morgan fingerprint density at radius 3 is 2.61 bits per heavy atom. The second kappa shape index (κ2) is 4.16. The molecule has 0 bridgehead atoms. The predicted molar refractivity (Wildman–Crippen MR) is 63.4 cm³/mol. The van der Waals surface area contributed by atoms with E-state index in [0.29, 0.717) is 6.04 Å². The summed E-state index contributed by atoms with van der Waals surface area (Å²) in [6.07, 6.45) is -1.15. The largest absolute Gasteiger partial charge is 0.416 e. The third-order valence-corrected chi connectivity index (χ3v) is 3.52. The van der Waals surface area contributed by atoms with E-state index >= 15 is 0 Å². The lowest BCUT2D eigenvalue weighted by molar-refractivity contribution is -0.137. The zero-order chi connectivity index (χ0) is 12.8. The molecule has 18 heavy (non-hydrogen) atoms. The number of hydrogen-bond acceptors (Lipinski definition) is 2. The van der Waals surface area contributed by atoms with Crippen LogP contribution in [0, 0.1) is 0 Å². The van der Waals surface area contributed by atoms with Crippen LogP contribution in [0.5, 0.6) is 0 Å². The number of hydrogen-bond donors (Lipinski definition) is 2. The number of rotatable bonds is 2. The Morgan fingerprint density at radius 1 is 1.17 bits per heavy atom. The zero-order valence-electron chi connectivity index (χ0n) is 9.85. The average molecular weight is 256 g/mol. The average Bonchev–Trinajstić information content (AvgIpc) is 3.12. The van der Waals surface area contributed by atoms with E-state index in [4.69, 9.17) is 0 Å². The Hall–Kier alpha value is -1.23. The van der Waals surface area contributed by atoms with Gasteiger partial charge in [-0.15, -0.1) is 0 Å². The standard InChI is InChI=1S/C13H15F3N2/c14-13(15,16)8-1-4-11-10(7-8)12(5-6-17-11)18-9-2-3-9/h1,4,7,9,12,17-18H,2-3,5-6H2. The van der Waals surface area contributed by atoms with Crippen molar-refractivity contribution >= 4 is 5.69 Å². The second-order valence-corrected chi connectivity index (χ2v) is 5.01. The zero-order valence-corrected chi connectivity index (χ0v) is 9.85. The molecule has 2 aliphatic rings. The SMILES string of the molecule is FC(F)(F)c1ccc2c(c1)C(NC1CC1)CCN2. The van der Waals surface area contributed by atoms with E-state index in [0.717, 1.165) is 43.1 Å². The number of fused-ring (bicyclic) bond motifs is 1. The highest BCUT2D eigenvalue weighted by Crippen LogP contribution is 2.37. The van der Waals surface area contributed by atoms with Gasteiger partial charge in [0.1, 0.15) is 0 Å². The van der Waals surface area contributed by atoms with E-state index in [1.54, 1.807) is 6.07 Å². The van der Waals surface area contributed by atoms with Crippen molar-refractivity contribution < 1.29 is 13.2 Å². The van der Waals surface area contributed by atoms with Gasteiger partial charge in [-0.25, -0.2) is 0 Å². The highest BCUT2D eigenvalue weighted by Gasteiger charge is 2.33. The lowest BCUT2D eigenvalue weighted by Crippen LogP contribution is -2.30. The van der Waals surface area contributed by atoms with Crippen LogP contribution in [0.25, 0.3) is 0 Å². The first-order valence-electron chi connectivity index (χ1n) is 6.25. The maximum atomic E-state index is 12.7. The van der Waals surface area contributed by atoms with Crippen molar-refractivity contribution in [3.8, 4) is 0 Å². The van der Waals surface area contributed by atoms with Gasteiger partial charge in [0.15, 0.2) is 0 Å². The number of halogens is 3. The molecule has 3 rings (SSSR count). The minimum atomic E-state index is -4.27. The summed E-state index contributed by atoms with van der Waals surface area (Å²) in [5, 5.41) is 6.58. The molecule has 1 fully saturated rings. The van der Waals surface area contributed by atoms with Crippen molar-refractivity contribution in [1.82, 2.24) is 5.32 Å². The molecule has 1 aromatic rings. The van der Waals surface area contributed by atoms with E-state index in [1.807, 2.05) is 0 Å². The van der Waals surface area contributed by atoms with Gasteiger partial charge in [0.05, 0.1) is 5.56 Å². The summed E-state index contributed by atoms with van der Waals surface area (Å²) in [6.45, 7) is 0.808. The molecule has 1 aromatic carbocycles. The van der Waals surface area contributed by atoms with E-state index < -0.39 is 11.7 Å². The van der Waals surface area contributed by atoms with E-state index in [9.17, 15) is 13.2 Å². The molecular weight excluding hydrogens is 241 g/mol. The predicted octanol–water partition coefficient (Wildman–Crippen LogP) is 3.31. The van der Waals surface area contributed by atoms with Crippen molar-refractivity contribution in [2.45, 2.75) is 37.5 Å². The van der Waals surface area contributed by atoms with Crippen LogP contribution in [-0.4, -0.2) is 12.6 Å². The fraction of sp³-hybridized carbons (Fsp3) is 0.538. The Kier molecular flexibility index (Phi) is 2.73. The van der Waals surface area contributed by atoms with E-state index in [1.165, 1.54) is 6.07 Å². The minimum absolute atomic E-state index is 0.0519. The summed E-state index contributed by atoms with van der Waals surface area (Å²) in [5.74, 6) is 0. The van der Waals surface area contributed by atoms with E-state index in [-0.39, 0.29) is 6.04 Å². The molecule has 0 saturated heterocycles. The Morgan fingerprint density at radius 2 is 1.94 bits per heavy atom. The quantitative estimate of drug-likeness (QED) is 0.848. The number of anilines is 1. The molecule has 2 N–H and O–H groups in total. The molecule has 5 heteroatoms. The van der Waals surface area contributed by atoms with Gasteiger partial charge in [-0.05, 0) is 43.0 Å². The maximum absolute atomic E-state index is 12.7. The Bertz CT molecular complexity index is 452. The highest BCUT2D eigenvalue weighted by molar-refractivity contribution is 5.56. The third kappa shape index (κ3) is 2.32. The second-order valence-electron chi connectivity index (χ2n) is 5.01. The van der Waals surface area contributed by atoms with Gasteiger partial charge in [-0.1, -0.05) is 0 Å². The highest BCUT2D eigenvalue weighted by atomic mass is 19.4. The van der Waals surface area contributed by atoms with Crippen LogP contribution in [0.2, 0.25) is 0 Å². The van der Waals surface area contributed by atoms with Crippen molar-refractivity contribution in [2.75, 3.05) is 11.9 Å². The third-order valence-electron chi connectivity index (χ3n) is 3.52. The fourth-order valence-corrected chi connectivity index (χ4v) is 2.40. The monoisotopic (exact) mass is 256 g/mol. The maximum Gasteiger partial charge on any atom is 0.416 e. The van der Waals surface area contributed by atoms with Crippen molar-refractivity contribution in [1.29, 1.82) is 0 Å². The topological polar surface area (TPSA) is 24.1 Å². The fourth-order valence-electron chi connectivity index (χ4n) is 2.40. The molecule has 98 valence electrons. The molecule has 0 radical (unpaired) electrons. The van der Waals surface area contributed by atoms with Gasteiger partial charge in [0.2, 0.25) is 0 Å². The first-order chi connectivity index (χ1) is 8.54. The van der Waals surface area contributed by atoms with E-state index in [2.05, 4.69) is 10.6 Å². The van der Waals surface area contributed by atoms with Crippen LogP contribution in [0.4, 0.5) is 18.9 Å². The minimum Gasteiger partial charge on any atom is -0.385 e. The van der Waals surface area contributed by atoms with Gasteiger partial charge < -0.3 is 10.6 Å². The van der Waals surface area contributed by atoms with Crippen molar-refractivity contribution in [3.05, 3.63) is 29.3 Å². The molecule has 2 nitrogen and oxygen atoms in total. The molecule has 1 atom stereocenters. The van der Waals surface area contributed by atoms with Crippen molar-refractivity contribution in [2.24, 2.45) is 0 Å². The summed E-state index contributed by atoms with van der Waals surface area (Å²) >= 11 is 0. The molecule has 1 unspecified atom stereocenters. The lowest BCUT2D eigenvalue weighted by Gasteiger charge is -2.28. The lowest BCUT2D eigenvalue weighted by atomic mass is 9.95. The Balaban J connectivity index is 1.92. The molecular formula is C13H15F3N2. The number of nitrogens with one attached hydrogen (secondary N) is 2. The van der Waals surface area contributed by atoms with Gasteiger partial charge in [-0.2, -0.15) is 13.2 Å². The van der Waals surface area contributed by atoms with Crippen LogP contribution in [0.1, 0.15) is 36.4 Å². The van der Waals surface area contributed by atoms with Crippen LogP contribution in [-0.2, 0) is 6.18 Å². The van der Waals surface area contributed by atoms with Crippen molar-refractivity contribution in [3.63, 3.8) is 0 Å². The summed E-state index contributed by atoms with van der Waals surface area (Å²) in [7, 11) is 0. The van der Waals surface area contributed by atoms with Gasteiger partial charge in [0, 0.05) is 24.3 Å². The molecule has 1 aliphatic carbocycles. The Labute approximate surface area is 104 Å². The number of benzene rings is 1. The molecule has 1 heterocycles. The molecule has 0 aromatic heterocycles. The van der Waals surface area contributed by atoms with Crippen LogP contribution < -0.4 is 10.6 Å². The molecule has 1 aliphatic heterocycles. The van der Waals surface area contributed by atoms with Crippen LogP contribution in [0.3, 0.4) is 0 Å². The van der Waals surface area contributed by atoms with Gasteiger partial charge in [-0.3, -0.25) is 0 Å². The molecule has 0 spiro atoms. The summed E-state index contributed by atoms with van der Waals surface area (Å²) in [4.78, 5) is 0. The summed E-state index contributed by atoms with van der Waals surface area (Å²) < 4.78 is 38.2.